The van der Waals surface area contributed by atoms with Crippen molar-refractivity contribution >= 4 is 0 Å². The van der Waals surface area contributed by atoms with Crippen LogP contribution in [0, 0.1) is 6.92 Å². The summed E-state index contributed by atoms with van der Waals surface area (Å²) in [5.41, 5.74) is 2.18. The van der Waals surface area contributed by atoms with Crippen LogP contribution in [0.4, 0.5) is 0 Å². The second-order valence-corrected chi connectivity index (χ2v) is 3.42. The molecule has 1 aromatic carbocycles. The van der Waals surface area contributed by atoms with Gasteiger partial charge in [-0.15, -0.1) is 0 Å². The minimum atomic E-state index is 0.518. The first-order valence-electron chi connectivity index (χ1n) is 6.94. The number of nitrogens with zero attached hydrogens (tertiary/aromatic N) is 1. The van der Waals surface area contributed by atoms with E-state index in [9.17, 15) is 0 Å². The van der Waals surface area contributed by atoms with Crippen molar-refractivity contribution < 1.29 is 4.74 Å². The number of rotatable bonds is 3. The highest BCUT2D eigenvalue weighted by atomic mass is 16.5. The molecule has 104 valence electrons. The minimum absolute atomic E-state index is 0.518. The molecule has 0 aliphatic heterocycles. The van der Waals surface area contributed by atoms with Crippen LogP contribution in [-0.2, 0) is 6.61 Å². The first-order chi connectivity index (χ1) is 9.34. The maximum atomic E-state index is 5.58. The third kappa shape index (κ3) is 7.24. The fourth-order valence-corrected chi connectivity index (χ4v) is 1.28. The van der Waals surface area contributed by atoms with Gasteiger partial charge in [-0.2, -0.15) is 0 Å². The van der Waals surface area contributed by atoms with Gasteiger partial charge < -0.3 is 4.74 Å². The Bertz CT molecular complexity index is 409. The lowest BCUT2D eigenvalue weighted by Gasteiger charge is -2.05. The van der Waals surface area contributed by atoms with Crippen LogP contribution in [0.2, 0.25) is 0 Å². The molecule has 0 fully saturated rings. The summed E-state index contributed by atoms with van der Waals surface area (Å²) in [4.78, 5) is 4.19. The summed E-state index contributed by atoms with van der Waals surface area (Å²) in [6.07, 6.45) is 1.77. The molecule has 2 rings (SSSR count). The molecule has 0 bridgehead atoms. The predicted octanol–water partition coefficient (Wildman–Crippen LogP) is 5.02. The number of pyridine rings is 1. The van der Waals surface area contributed by atoms with E-state index in [1.165, 1.54) is 5.56 Å². The summed E-state index contributed by atoms with van der Waals surface area (Å²) in [5, 5.41) is 0. The Hall–Kier alpha value is -1.83. The topological polar surface area (TPSA) is 22.1 Å². The highest BCUT2D eigenvalue weighted by molar-refractivity contribution is 5.26. The van der Waals surface area contributed by atoms with Crippen molar-refractivity contribution in [3.8, 4) is 5.75 Å². The van der Waals surface area contributed by atoms with E-state index in [0.717, 1.165) is 11.4 Å². The Labute approximate surface area is 117 Å². The summed E-state index contributed by atoms with van der Waals surface area (Å²) in [7, 11) is 0. The van der Waals surface area contributed by atoms with E-state index in [1.807, 2.05) is 70.2 Å². The lowest BCUT2D eigenvalue weighted by molar-refractivity contribution is 0.301. The lowest BCUT2D eigenvalue weighted by Crippen LogP contribution is -1.97. The van der Waals surface area contributed by atoms with Gasteiger partial charge in [-0.05, 0) is 31.2 Å². The SMILES string of the molecule is CC.CC.Cc1ccc(OCc2ccccn2)cc1. The van der Waals surface area contributed by atoms with Gasteiger partial charge in [0.15, 0.2) is 0 Å². The Balaban J connectivity index is 0.000000741. The average molecular weight is 259 g/mol. The molecule has 0 unspecified atom stereocenters. The van der Waals surface area contributed by atoms with E-state index in [2.05, 4.69) is 11.9 Å². The third-order valence-electron chi connectivity index (χ3n) is 2.13. The van der Waals surface area contributed by atoms with Crippen LogP contribution in [-0.4, -0.2) is 4.98 Å². The molecule has 0 spiro atoms. The minimum Gasteiger partial charge on any atom is -0.487 e. The van der Waals surface area contributed by atoms with Crippen molar-refractivity contribution in [2.75, 3.05) is 0 Å². The largest absolute Gasteiger partial charge is 0.487 e. The first kappa shape index (κ1) is 17.2. The molecule has 19 heavy (non-hydrogen) atoms. The van der Waals surface area contributed by atoms with Crippen molar-refractivity contribution in [1.29, 1.82) is 0 Å². The zero-order valence-electron chi connectivity index (χ0n) is 12.7. The highest BCUT2D eigenvalue weighted by Crippen LogP contribution is 2.12. The number of ether oxygens (including phenoxy) is 1. The first-order valence-corrected chi connectivity index (χ1v) is 6.94. The van der Waals surface area contributed by atoms with E-state index >= 15 is 0 Å². The molecule has 0 saturated carbocycles. The van der Waals surface area contributed by atoms with Gasteiger partial charge >= 0.3 is 0 Å². The van der Waals surface area contributed by atoms with Gasteiger partial charge in [-0.25, -0.2) is 0 Å². The number of benzene rings is 1. The van der Waals surface area contributed by atoms with E-state index in [4.69, 9.17) is 4.74 Å². The normalized spacial score (nSPS) is 8.47. The summed E-state index contributed by atoms with van der Waals surface area (Å²) >= 11 is 0. The quantitative estimate of drug-likeness (QED) is 0.772. The molecule has 1 heterocycles. The van der Waals surface area contributed by atoms with Gasteiger partial charge in [-0.1, -0.05) is 51.5 Å². The maximum absolute atomic E-state index is 5.58. The molecular weight excluding hydrogens is 234 g/mol. The lowest BCUT2D eigenvalue weighted by atomic mass is 10.2. The molecule has 2 aromatic rings. The molecule has 2 heteroatoms. The summed E-state index contributed by atoms with van der Waals surface area (Å²) in [6.45, 7) is 10.6. The van der Waals surface area contributed by atoms with E-state index in [-0.39, 0.29) is 0 Å². The van der Waals surface area contributed by atoms with Crippen LogP contribution in [0.25, 0.3) is 0 Å². The molecule has 1 aromatic heterocycles. The van der Waals surface area contributed by atoms with Crippen LogP contribution in [0.3, 0.4) is 0 Å². The van der Waals surface area contributed by atoms with E-state index in [1.54, 1.807) is 6.20 Å². The average Bonchev–Trinajstić information content (AvgIpc) is 2.52. The Kier molecular flexibility index (Phi) is 10.2. The van der Waals surface area contributed by atoms with Gasteiger partial charge in [0.05, 0.1) is 5.69 Å². The Morgan fingerprint density at radius 2 is 1.53 bits per heavy atom. The third-order valence-corrected chi connectivity index (χ3v) is 2.13. The van der Waals surface area contributed by atoms with Crippen molar-refractivity contribution in [3.63, 3.8) is 0 Å². The maximum Gasteiger partial charge on any atom is 0.130 e. The van der Waals surface area contributed by atoms with Crippen LogP contribution < -0.4 is 4.74 Å². The van der Waals surface area contributed by atoms with E-state index < -0.39 is 0 Å². The number of hydrogen-bond acceptors (Lipinski definition) is 2. The Morgan fingerprint density at radius 1 is 0.895 bits per heavy atom. The zero-order valence-corrected chi connectivity index (χ0v) is 12.7. The summed E-state index contributed by atoms with van der Waals surface area (Å²) in [6, 6.07) is 13.8. The van der Waals surface area contributed by atoms with Crippen molar-refractivity contribution in [2.24, 2.45) is 0 Å². The summed E-state index contributed by atoms with van der Waals surface area (Å²) in [5.74, 6) is 0.881. The predicted molar refractivity (Wildman–Crippen MR) is 82.4 cm³/mol. The second kappa shape index (κ2) is 11.3. The standard InChI is InChI=1S/C13H13NO.2C2H6/c1-11-5-7-13(8-6-11)15-10-12-4-2-3-9-14-12;2*1-2/h2-9H,10H2,1H3;2*1-2H3. The fourth-order valence-electron chi connectivity index (χ4n) is 1.28. The highest BCUT2D eigenvalue weighted by Gasteiger charge is 1.95. The molecule has 0 radical (unpaired) electrons. The van der Waals surface area contributed by atoms with Crippen LogP contribution in [0.15, 0.2) is 48.7 Å². The Morgan fingerprint density at radius 3 is 2.05 bits per heavy atom. The molecule has 0 aliphatic rings. The summed E-state index contributed by atoms with van der Waals surface area (Å²) < 4.78 is 5.58. The van der Waals surface area contributed by atoms with Crippen LogP contribution in [0.1, 0.15) is 39.0 Å². The van der Waals surface area contributed by atoms with Crippen molar-refractivity contribution in [3.05, 3.63) is 59.9 Å². The van der Waals surface area contributed by atoms with Crippen LogP contribution in [0.5, 0.6) is 5.75 Å². The molecular formula is C17H25NO. The van der Waals surface area contributed by atoms with Crippen LogP contribution >= 0.6 is 0 Å². The molecule has 0 saturated heterocycles. The van der Waals surface area contributed by atoms with Crippen molar-refractivity contribution in [1.82, 2.24) is 4.98 Å². The molecule has 0 N–H and O–H groups in total. The molecule has 0 atom stereocenters. The van der Waals surface area contributed by atoms with Crippen molar-refractivity contribution in [2.45, 2.75) is 41.2 Å². The fraction of sp³-hybridized carbons (Fsp3) is 0.353. The van der Waals surface area contributed by atoms with Gasteiger partial charge in [0, 0.05) is 6.20 Å². The van der Waals surface area contributed by atoms with Gasteiger partial charge in [0.25, 0.3) is 0 Å². The smallest absolute Gasteiger partial charge is 0.130 e. The zero-order chi connectivity index (χ0) is 14.5. The molecule has 0 amide bonds. The number of aryl methyl sites for hydroxylation is 1. The van der Waals surface area contributed by atoms with Gasteiger partial charge in [-0.3, -0.25) is 4.98 Å². The monoisotopic (exact) mass is 259 g/mol. The molecule has 2 nitrogen and oxygen atoms in total. The van der Waals surface area contributed by atoms with Gasteiger partial charge in [0.1, 0.15) is 12.4 Å². The second-order valence-electron chi connectivity index (χ2n) is 3.42. The number of hydrogen-bond donors (Lipinski definition) is 0. The number of aromatic nitrogens is 1. The van der Waals surface area contributed by atoms with E-state index in [0.29, 0.717) is 6.61 Å². The molecule has 0 aliphatic carbocycles. The van der Waals surface area contributed by atoms with Gasteiger partial charge in [0.2, 0.25) is 0 Å².